The number of ether oxygens (including phenoxy) is 1. The average molecular weight is 465 g/mol. The molecule has 11 heteroatoms. The third kappa shape index (κ3) is 4.77. The van der Waals surface area contributed by atoms with Gasteiger partial charge in [0.1, 0.15) is 17.1 Å². The van der Waals surface area contributed by atoms with Gasteiger partial charge in [0.15, 0.2) is 11.6 Å². The number of thioether (sulfide) groups is 1. The Morgan fingerprint density at radius 2 is 2.00 bits per heavy atom. The number of amides is 1. The zero-order valence-electron chi connectivity index (χ0n) is 17.9. The third-order valence-electron chi connectivity index (χ3n) is 4.60. The number of nitrogens with one attached hydrogen (secondary N) is 2. The monoisotopic (exact) mass is 464 g/mol. The molecule has 1 aromatic carbocycles. The van der Waals surface area contributed by atoms with Crippen LogP contribution in [-0.4, -0.2) is 49.5 Å². The number of pyridine rings is 1. The van der Waals surface area contributed by atoms with Gasteiger partial charge in [0, 0.05) is 11.5 Å². The van der Waals surface area contributed by atoms with Crippen molar-refractivity contribution in [3.63, 3.8) is 0 Å². The van der Waals surface area contributed by atoms with Gasteiger partial charge in [0.05, 0.1) is 24.1 Å². The van der Waals surface area contributed by atoms with E-state index in [1.807, 2.05) is 36.6 Å². The Labute approximate surface area is 192 Å². The van der Waals surface area contributed by atoms with Gasteiger partial charge in [-0.15, -0.1) is 0 Å². The van der Waals surface area contributed by atoms with Gasteiger partial charge in [0.2, 0.25) is 0 Å². The second kappa shape index (κ2) is 9.65. The number of aromatic nitrogens is 5. The van der Waals surface area contributed by atoms with Crippen molar-refractivity contribution in [1.82, 2.24) is 24.7 Å². The van der Waals surface area contributed by atoms with Crippen molar-refractivity contribution >= 4 is 40.4 Å². The first-order valence-electron chi connectivity index (χ1n) is 10.0. The lowest BCUT2D eigenvalue weighted by Gasteiger charge is -2.11. The number of nitrogens with zero attached hydrogens (tertiary/aromatic N) is 4. The zero-order valence-corrected chi connectivity index (χ0v) is 18.7. The van der Waals surface area contributed by atoms with Crippen molar-refractivity contribution < 1.29 is 14.3 Å². The largest absolute Gasteiger partial charge is 0.462 e. The molecule has 0 fully saturated rings. The van der Waals surface area contributed by atoms with E-state index < -0.39 is 17.4 Å². The SMILES string of the molecule is CCOC(=O)c1cnn(-c2ccc3ccccc3n2)c1NC(=O)c1cc(=O)[nH]c(CSC)n1. The Morgan fingerprint density at radius 3 is 2.79 bits per heavy atom. The summed E-state index contributed by atoms with van der Waals surface area (Å²) in [6, 6.07) is 12.2. The summed E-state index contributed by atoms with van der Waals surface area (Å²) < 4.78 is 6.45. The fourth-order valence-corrected chi connectivity index (χ4v) is 3.59. The smallest absolute Gasteiger partial charge is 0.343 e. The molecule has 0 bridgehead atoms. The van der Waals surface area contributed by atoms with Gasteiger partial charge in [-0.25, -0.2) is 14.8 Å². The first kappa shape index (κ1) is 22.2. The fraction of sp³-hybridized carbons (Fsp3) is 0.182. The fourth-order valence-electron chi connectivity index (χ4n) is 3.17. The van der Waals surface area contributed by atoms with Gasteiger partial charge in [-0.05, 0) is 31.4 Å². The highest BCUT2D eigenvalue weighted by molar-refractivity contribution is 7.97. The average Bonchev–Trinajstić information content (AvgIpc) is 3.22. The number of esters is 1. The van der Waals surface area contributed by atoms with E-state index >= 15 is 0 Å². The Bertz CT molecular complexity index is 1400. The lowest BCUT2D eigenvalue weighted by molar-refractivity contribution is 0.0527. The number of carbonyl (C=O) groups excluding carboxylic acids is 2. The molecule has 4 rings (SSSR count). The van der Waals surface area contributed by atoms with Crippen LogP contribution in [0.2, 0.25) is 0 Å². The van der Waals surface area contributed by atoms with Crippen LogP contribution in [0.5, 0.6) is 0 Å². The molecule has 0 saturated heterocycles. The van der Waals surface area contributed by atoms with E-state index in [4.69, 9.17) is 4.74 Å². The number of aromatic amines is 1. The van der Waals surface area contributed by atoms with Crippen molar-refractivity contribution in [3.05, 3.63) is 76.1 Å². The summed E-state index contributed by atoms with van der Waals surface area (Å²) in [6.45, 7) is 1.83. The predicted octanol–water partition coefficient (Wildman–Crippen LogP) is 2.80. The van der Waals surface area contributed by atoms with E-state index in [9.17, 15) is 14.4 Å². The summed E-state index contributed by atoms with van der Waals surface area (Å²) in [4.78, 5) is 48.9. The maximum absolute atomic E-state index is 13.0. The molecule has 0 spiro atoms. The van der Waals surface area contributed by atoms with Crippen molar-refractivity contribution in [2.75, 3.05) is 18.2 Å². The van der Waals surface area contributed by atoms with E-state index in [1.54, 1.807) is 13.0 Å². The second-order valence-electron chi connectivity index (χ2n) is 6.87. The lowest BCUT2D eigenvalue weighted by Crippen LogP contribution is -2.22. The molecule has 0 unspecified atom stereocenters. The lowest BCUT2D eigenvalue weighted by atomic mass is 10.2. The van der Waals surface area contributed by atoms with Crippen LogP contribution in [0.15, 0.2) is 53.5 Å². The summed E-state index contributed by atoms with van der Waals surface area (Å²) in [7, 11) is 0. The van der Waals surface area contributed by atoms with Crippen LogP contribution in [0.3, 0.4) is 0 Å². The minimum atomic E-state index is -0.670. The second-order valence-corrected chi connectivity index (χ2v) is 7.73. The maximum atomic E-state index is 13.0. The minimum absolute atomic E-state index is 0.0503. The minimum Gasteiger partial charge on any atom is -0.462 e. The molecular formula is C22H20N6O4S. The number of H-pyrrole nitrogens is 1. The quantitative estimate of drug-likeness (QED) is 0.399. The number of rotatable bonds is 7. The molecule has 10 nitrogen and oxygen atoms in total. The van der Waals surface area contributed by atoms with Gasteiger partial charge >= 0.3 is 5.97 Å². The van der Waals surface area contributed by atoms with Crippen LogP contribution in [0.4, 0.5) is 5.82 Å². The molecule has 3 aromatic heterocycles. The molecule has 0 aliphatic rings. The maximum Gasteiger partial charge on any atom is 0.343 e. The number of para-hydroxylation sites is 1. The summed E-state index contributed by atoms with van der Waals surface area (Å²) >= 11 is 1.45. The van der Waals surface area contributed by atoms with Gasteiger partial charge in [-0.2, -0.15) is 21.5 Å². The van der Waals surface area contributed by atoms with Crippen LogP contribution in [-0.2, 0) is 10.5 Å². The molecular weight excluding hydrogens is 444 g/mol. The van der Waals surface area contributed by atoms with E-state index in [0.717, 1.165) is 17.0 Å². The number of anilines is 1. The molecule has 0 aliphatic heterocycles. The van der Waals surface area contributed by atoms with Crippen LogP contribution in [0.1, 0.15) is 33.6 Å². The first-order chi connectivity index (χ1) is 16.0. The third-order valence-corrected chi connectivity index (χ3v) is 5.16. The standard InChI is InChI=1S/C22H20N6O4S/c1-3-32-22(31)14-11-23-28(18-9-8-13-6-4-5-7-15(13)25-18)20(14)27-21(30)16-10-19(29)26-17(24-16)12-33-2/h4-11H,3,12H2,1-2H3,(H,27,30)(H,24,26,29). The normalized spacial score (nSPS) is 10.8. The van der Waals surface area contributed by atoms with Crippen molar-refractivity contribution in [1.29, 1.82) is 0 Å². The number of fused-ring (bicyclic) bond motifs is 1. The summed E-state index contributed by atoms with van der Waals surface area (Å²) in [5, 5.41) is 7.84. The van der Waals surface area contributed by atoms with E-state index in [0.29, 0.717) is 17.4 Å². The van der Waals surface area contributed by atoms with Gasteiger partial charge in [-0.3, -0.25) is 9.59 Å². The van der Waals surface area contributed by atoms with Crippen LogP contribution < -0.4 is 10.9 Å². The highest BCUT2D eigenvalue weighted by Gasteiger charge is 2.23. The Hall–Kier alpha value is -3.99. The number of hydrogen-bond donors (Lipinski definition) is 2. The van der Waals surface area contributed by atoms with E-state index in [1.165, 1.54) is 22.6 Å². The zero-order chi connectivity index (χ0) is 23.4. The van der Waals surface area contributed by atoms with E-state index in [2.05, 4.69) is 25.4 Å². The van der Waals surface area contributed by atoms with Crippen molar-refractivity contribution in [3.8, 4) is 5.82 Å². The molecule has 0 aliphatic carbocycles. The highest BCUT2D eigenvalue weighted by atomic mass is 32.2. The summed E-state index contributed by atoms with van der Waals surface area (Å²) in [5.41, 5.74) is 0.235. The molecule has 4 aromatic rings. The highest BCUT2D eigenvalue weighted by Crippen LogP contribution is 2.23. The Kier molecular flexibility index (Phi) is 6.50. The van der Waals surface area contributed by atoms with Gasteiger partial charge < -0.3 is 15.0 Å². The van der Waals surface area contributed by atoms with Crippen LogP contribution in [0.25, 0.3) is 16.7 Å². The molecule has 0 atom stereocenters. The summed E-state index contributed by atoms with van der Waals surface area (Å²) in [6.07, 6.45) is 3.16. The molecule has 2 N–H and O–H groups in total. The molecule has 3 heterocycles. The Balaban J connectivity index is 1.77. The van der Waals surface area contributed by atoms with Gasteiger partial charge in [0.25, 0.3) is 11.5 Å². The van der Waals surface area contributed by atoms with E-state index in [-0.39, 0.29) is 23.7 Å². The Morgan fingerprint density at radius 1 is 1.18 bits per heavy atom. The topological polar surface area (TPSA) is 132 Å². The molecule has 33 heavy (non-hydrogen) atoms. The van der Waals surface area contributed by atoms with Crippen LogP contribution in [0, 0.1) is 0 Å². The van der Waals surface area contributed by atoms with Crippen molar-refractivity contribution in [2.24, 2.45) is 0 Å². The predicted molar refractivity (Wildman–Crippen MR) is 125 cm³/mol. The van der Waals surface area contributed by atoms with Gasteiger partial charge in [-0.1, -0.05) is 18.2 Å². The number of benzene rings is 1. The number of carbonyl (C=O) groups is 2. The summed E-state index contributed by atoms with van der Waals surface area (Å²) in [5.74, 6) is -0.0615. The number of hydrogen-bond acceptors (Lipinski definition) is 8. The molecule has 0 radical (unpaired) electrons. The van der Waals surface area contributed by atoms with Crippen molar-refractivity contribution in [2.45, 2.75) is 12.7 Å². The molecule has 168 valence electrons. The first-order valence-corrected chi connectivity index (χ1v) is 11.4. The van der Waals surface area contributed by atoms with Crippen LogP contribution >= 0.6 is 11.8 Å². The molecule has 1 amide bonds. The molecule has 0 saturated carbocycles.